The van der Waals surface area contributed by atoms with Crippen LogP contribution in [0.5, 0.6) is 0 Å². The first-order valence-electron chi connectivity index (χ1n) is 10.6. The fourth-order valence-corrected chi connectivity index (χ4v) is 4.75. The van der Waals surface area contributed by atoms with E-state index in [0.29, 0.717) is 19.4 Å². The van der Waals surface area contributed by atoms with Gasteiger partial charge in [0.25, 0.3) is 0 Å². The Morgan fingerprint density at radius 2 is 1.73 bits per heavy atom. The number of anilines is 1. The second kappa shape index (κ2) is 12.3. The summed E-state index contributed by atoms with van der Waals surface area (Å²) in [6.07, 6.45) is 1.88. The van der Waals surface area contributed by atoms with Crippen LogP contribution in [-0.4, -0.2) is 57.1 Å². The summed E-state index contributed by atoms with van der Waals surface area (Å²) < 4.78 is 26.1. The minimum atomic E-state index is -3.87. The molecule has 0 saturated carbocycles. The Bertz CT molecular complexity index is 1060. The van der Waals surface area contributed by atoms with Crippen LogP contribution in [0.2, 0.25) is 10.0 Å². The van der Waals surface area contributed by atoms with Gasteiger partial charge in [-0.2, -0.15) is 0 Å². The molecule has 0 saturated heterocycles. The molecule has 180 valence electrons. The molecule has 2 aromatic carbocycles. The van der Waals surface area contributed by atoms with Crippen molar-refractivity contribution < 1.29 is 18.0 Å². The van der Waals surface area contributed by atoms with Gasteiger partial charge in [0.15, 0.2) is 0 Å². The molecular formula is C23H29Cl2N3O4S. The lowest BCUT2D eigenvalue weighted by molar-refractivity contribution is -0.139. The molecule has 0 spiro atoms. The highest BCUT2D eigenvalue weighted by Crippen LogP contribution is 2.30. The highest BCUT2D eigenvalue weighted by Gasteiger charge is 2.31. The Balaban J connectivity index is 2.39. The average molecular weight is 514 g/mol. The van der Waals surface area contributed by atoms with Gasteiger partial charge in [0.05, 0.1) is 17.0 Å². The van der Waals surface area contributed by atoms with E-state index < -0.39 is 28.5 Å². The van der Waals surface area contributed by atoms with E-state index in [2.05, 4.69) is 5.32 Å². The predicted molar refractivity (Wildman–Crippen MR) is 133 cm³/mol. The summed E-state index contributed by atoms with van der Waals surface area (Å²) in [6.45, 7) is 3.77. The van der Waals surface area contributed by atoms with Crippen LogP contribution in [0.1, 0.15) is 25.8 Å². The Labute approximate surface area is 205 Å². The number of rotatable bonds is 11. The van der Waals surface area contributed by atoms with E-state index >= 15 is 0 Å². The zero-order valence-electron chi connectivity index (χ0n) is 18.9. The molecule has 0 bridgehead atoms. The maximum atomic E-state index is 13.5. The summed E-state index contributed by atoms with van der Waals surface area (Å²) in [5.41, 5.74) is 1.10. The molecule has 1 unspecified atom stereocenters. The maximum absolute atomic E-state index is 13.5. The van der Waals surface area contributed by atoms with Gasteiger partial charge >= 0.3 is 0 Å². The molecule has 1 N–H and O–H groups in total. The van der Waals surface area contributed by atoms with Gasteiger partial charge in [-0.3, -0.25) is 13.9 Å². The maximum Gasteiger partial charge on any atom is 0.244 e. The van der Waals surface area contributed by atoms with Crippen molar-refractivity contribution in [3.63, 3.8) is 0 Å². The minimum Gasteiger partial charge on any atom is -0.355 e. The Morgan fingerprint density at radius 3 is 2.30 bits per heavy atom. The van der Waals surface area contributed by atoms with E-state index in [1.54, 1.807) is 6.92 Å². The van der Waals surface area contributed by atoms with Crippen molar-refractivity contribution in [2.24, 2.45) is 0 Å². The summed E-state index contributed by atoms with van der Waals surface area (Å²) in [6, 6.07) is 13.2. The highest BCUT2D eigenvalue weighted by atomic mass is 35.5. The molecule has 7 nitrogen and oxygen atoms in total. The van der Waals surface area contributed by atoms with Gasteiger partial charge in [-0.25, -0.2) is 8.42 Å². The highest BCUT2D eigenvalue weighted by molar-refractivity contribution is 7.92. The molecule has 0 aliphatic rings. The number of amides is 2. The van der Waals surface area contributed by atoms with E-state index in [1.165, 1.54) is 23.1 Å². The fraction of sp³-hybridized carbons (Fsp3) is 0.391. The van der Waals surface area contributed by atoms with Crippen LogP contribution in [0, 0.1) is 0 Å². The lowest BCUT2D eigenvalue weighted by Crippen LogP contribution is -2.53. The van der Waals surface area contributed by atoms with Crippen LogP contribution in [0.15, 0.2) is 48.5 Å². The summed E-state index contributed by atoms with van der Waals surface area (Å²) >= 11 is 12.3. The molecule has 0 heterocycles. The number of carbonyl (C=O) groups excluding carboxylic acids is 2. The van der Waals surface area contributed by atoms with Gasteiger partial charge < -0.3 is 10.2 Å². The zero-order chi connectivity index (χ0) is 24.6. The smallest absolute Gasteiger partial charge is 0.244 e. The van der Waals surface area contributed by atoms with Crippen LogP contribution < -0.4 is 9.62 Å². The van der Waals surface area contributed by atoms with Gasteiger partial charge in [-0.05, 0) is 43.5 Å². The van der Waals surface area contributed by atoms with Crippen LogP contribution >= 0.6 is 23.2 Å². The van der Waals surface area contributed by atoms with Gasteiger partial charge in [0.2, 0.25) is 21.8 Å². The number of benzene rings is 2. The van der Waals surface area contributed by atoms with Crippen LogP contribution in [0.3, 0.4) is 0 Å². The van der Waals surface area contributed by atoms with E-state index in [0.717, 1.165) is 16.1 Å². The van der Waals surface area contributed by atoms with Crippen molar-refractivity contribution in [3.05, 3.63) is 64.1 Å². The lowest BCUT2D eigenvalue weighted by Gasteiger charge is -2.33. The molecule has 2 aromatic rings. The molecule has 1 atom stereocenters. The second-order valence-corrected chi connectivity index (χ2v) is 10.3. The molecular weight excluding hydrogens is 485 g/mol. The quantitative estimate of drug-likeness (QED) is 0.495. The first-order chi connectivity index (χ1) is 15.6. The molecule has 0 aromatic heterocycles. The molecule has 2 rings (SSSR count). The number of likely N-dealkylation sites (N-methyl/N-ethyl adjacent to an activating group) is 1. The van der Waals surface area contributed by atoms with Crippen molar-refractivity contribution >= 4 is 50.7 Å². The molecule has 0 aliphatic heterocycles. The monoisotopic (exact) mass is 513 g/mol. The molecule has 0 radical (unpaired) electrons. The van der Waals surface area contributed by atoms with E-state index in [1.807, 2.05) is 37.3 Å². The van der Waals surface area contributed by atoms with Gasteiger partial charge in [-0.15, -0.1) is 0 Å². The summed E-state index contributed by atoms with van der Waals surface area (Å²) in [5, 5.41) is 3.18. The predicted octanol–water partition coefficient (Wildman–Crippen LogP) is 3.75. The lowest BCUT2D eigenvalue weighted by atomic mass is 10.1. The number of halogens is 2. The molecule has 33 heavy (non-hydrogen) atoms. The molecule has 2 amide bonds. The molecule has 0 fully saturated rings. The zero-order valence-corrected chi connectivity index (χ0v) is 21.3. The van der Waals surface area contributed by atoms with Crippen molar-refractivity contribution in [1.29, 1.82) is 0 Å². The van der Waals surface area contributed by atoms with Crippen molar-refractivity contribution in [1.82, 2.24) is 10.2 Å². The average Bonchev–Trinajstić information content (AvgIpc) is 2.76. The molecule has 10 heteroatoms. The second-order valence-electron chi connectivity index (χ2n) is 7.51. The number of sulfonamides is 1. The van der Waals surface area contributed by atoms with E-state index in [-0.39, 0.29) is 28.2 Å². The third-order valence-electron chi connectivity index (χ3n) is 5.08. The Hall–Kier alpha value is -2.29. The third kappa shape index (κ3) is 7.62. The number of hydrogen-bond acceptors (Lipinski definition) is 4. The van der Waals surface area contributed by atoms with E-state index in [9.17, 15) is 18.0 Å². The van der Waals surface area contributed by atoms with Crippen molar-refractivity contribution in [2.75, 3.05) is 30.2 Å². The van der Waals surface area contributed by atoms with Gasteiger partial charge in [0, 0.05) is 18.1 Å². The number of nitrogens with zero attached hydrogens (tertiary/aromatic N) is 2. The van der Waals surface area contributed by atoms with Crippen molar-refractivity contribution in [2.45, 2.75) is 32.7 Å². The van der Waals surface area contributed by atoms with Gasteiger partial charge in [-0.1, -0.05) is 60.5 Å². The standard InChI is InChI=1S/C23H29Cl2N3O4S/c1-4-20(23(30)26-5-2)27(14-13-17-9-7-6-8-10-17)22(29)16-28(33(3,31)32)21-15-18(24)11-12-19(21)25/h6-12,15,20H,4-5,13-14,16H2,1-3H3,(H,26,30). The topological polar surface area (TPSA) is 86.8 Å². The van der Waals surface area contributed by atoms with E-state index in [4.69, 9.17) is 23.2 Å². The Morgan fingerprint density at radius 1 is 1.06 bits per heavy atom. The summed E-state index contributed by atoms with van der Waals surface area (Å²) in [7, 11) is -3.87. The fourth-order valence-electron chi connectivity index (χ4n) is 3.46. The third-order valence-corrected chi connectivity index (χ3v) is 6.76. The number of nitrogens with one attached hydrogen (secondary N) is 1. The Kier molecular flexibility index (Phi) is 10.0. The van der Waals surface area contributed by atoms with Crippen molar-refractivity contribution in [3.8, 4) is 0 Å². The van der Waals surface area contributed by atoms with Gasteiger partial charge in [0.1, 0.15) is 12.6 Å². The SMILES string of the molecule is CCNC(=O)C(CC)N(CCc1ccccc1)C(=O)CN(c1cc(Cl)ccc1Cl)S(C)(=O)=O. The summed E-state index contributed by atoms with van der Waals surface area (Å²) in [4.78, 5) is 27.6. The number of hydrogen-bond donors (Lipinski definition) is 1. The van der Waals surface area contributed by atoms with Crippen LogP contribution in [-0.2, 0) is 26.0 Å². The normalized spacial score (nSPS) is 12.2. The molecule has 0 aliphatic carbocycles. The minimum absolute atomic E-state index is 0.106. The largest absolute Gasteiger partial charge is 0.355 e. The van der Waals surface area contributed by atoms with Crippen LogP contribution in [0.25, 0.3) is 0 Å². The van der Waals surface area contributed by atoms with Crippen LogP contribution in [0.4, 0.5) is 5.69 Å². The number of carbonyl (C=O) groups is 2. The summed E-state index contributed by atoms with van der Waals surface area (Å²) in [5.74, 6) is -0.793. The first-order valence-corrected chi connectivity index (χ1v) is 13.2. The first kappa shape index (κ1) is 27.0.